The first kappa shape index (κ1) is 15.4. The fourth-order valence-corrected chi connectivity index (χ4v) is 2.52. The highest BCUT2D eigenvalue weighted by Crippen LogP contribution is 2.45. The first-order valence-electron chi connectivity index (χ1n) is 6.31. The molecule has 21 heavy (non-hydrogen) atoms. The van der Waals surface area contributed by atoms with E-state index in [1.807, 2.05) is 0 Å². The summed E-state index contributed by atoms with van der Waals surface area (Å²) >= 11 is 6.43. The molecule has 0 amide bonds. The molecule has 0 fully saturated rings. The molecule has 0 aliphatic heterocycles. The van der Waals surface area contributed by atoms with E-state index in [1.54, 1.807) is 30.3 Å². The van der Waals surface area contributed by atoms with Gasteiger partial charge in [-0.05, 0) is 18.2 Å². The van der Waals surface area contributed by atoms with Gasteiger partial charge in [-0.15, -0.1) is 11.6 Å². The quantitative estimate of drug-likeness (QED) is 0.775. The lowest BCUT2D eigenvalue weighted by molar-refractivity contribution is 0.322. The summed E-state index contributed by atoms with van der Waals surface area (Å²) < 4.78 is 29.8. The van der Waals surface area contributed by atoms with Crippen LogP contribution in [0.25, 0.3) is 0 Å². The van der Waals surface area contributed by atoms with Gasteiger partial charge in [0.2, 0.25) is 5.75 Å². The van der Waals surface area contributed by atoms with Crippen molar-refractivity contribution in [3.05, 3.63) is 53.3 Å². The minimum atomic E-state index is -0.694. The molecule has 0 N–H and O–H groups in total. The molecule has 0 bridgehead atoms. The SMILES string of the molecule is COc1ccc(C(Cl)c2ccccc2F)c(OC)c1OC. The summed E-state index contributed by atoms with van der Waals surface area (Å²) in [4.78, 5) is 0. The average Bonchev–Trinajstić information content (AvgIpc) is 2.52. The molecule has 0 saturated heterocycles. The van der Waals surface area contributed by atoms with Crippen molar-refractivity contribution in [2.75, 3.05) is 21.3 Å². The third-order valence-electron chi connectivity index (χ3n) is 3.19. The lowest BCUT2D eigenvalue weighted by Gasteiger charge is -2.19. The van der Waals surface area contributed by atoms with E-state index in [0.717, 1.165) is 0 Å². The van der Waals surface area contributed by atoms with E-state index in [9.17, 15) is 4.39 Å². The van der Waals surface area contributed by atoms with E-state index < -0.39 is 5.38 Å². The van der Waals surface area contributed by atoms with Crippen molar-refractivity contribution < 1.29 is 18.6 Å². The molecule has 112 valence electrons. The highest BCUT2D eigenvalue weighted by molar-refractivity contribution is 6.23. The van der Waals surface area contributed by atoms with Gasteiger partial charge >= 0.3 is 0 Å². The van der Waals surface area contributed by atoms with Crippen molar-refractivity contribution in [3.8, 4) is 17.2 Å². The first-order chi connectivity index (χ1) is 10.1. The summed E-state index contributed by atoms with van der Waals surface area (Å²) in [7, 11) is 4.55. The number of rotatable bonds is 5. The van der Waals surface area contributed by atoms with Crippen LogP contribution in [-0.2, 0) is 0 Å². The van der Waals surface area contributed by atoms with Gasteiger partial charge in [-0.25, -0.2) is 4.39 Å². The van der Waals surface area contributed by atoms with Gasteiger partial charge in [0.05, 0.1) is 26.7 Å². The van der Waals surface area contributed by atoms with Crippen molar-refractivity contribution >= 4 is 11.6 Å². The summed E-state index contributed by atoms with van der Waals surface area (Å²) in [6.45, 7) is 0. The van der Waals surface area contributed by atoms with Crippen LogP contribution in [0.1, 0.15) is 16.5 Å². The van der Waals surface area contributed by atoms with Gasteiger partial charge in [0.25, 0.3) is 0 Å². The van der Waals surface area contributed by atoms with Crippen molar-refractivity contribution in [2.45, 2.75) is 5.38 Å². The van der Waals surface area contributed by atoms with Crippen LogP contribution >= 0.6 is 11.6 Å². The van der Waals surface area contributed by atoms with Crippen LogP contribution in [0, 0.1) is 5.82 Å². The molecule has 2 rings (SSSR count). The average molecular weight is 311 g/mol. The maximum atomic E-state index is 13.9. The molecule has 2 aromatic carbocycles. The Morgan fingerprint density at radius 2 is 1.52 bits per heavy atom. The van der Waals surface area contributed by atoms with Crippen LogP contribution in [-0.4, -0.2) is 21.3 Å². The molecule has 0 saturated carbocycles. The van der Waals surface area contributed by atoms with Gasteiger partial charge in [0.15, 0.2) is 11.5 Å². The molecule has 0 aromatic heterocycles. The third-order valence-corrected chi connectivity index (χ3v) is 3.66. The van der Waals surface area contributed by atoms with Crippen LogP contribution in [0.5, 0.6) is 17.2 Å². The first-order valence-corrected chi connectivity index (χ1v) is 6.75. The normalized spacial score (nSPS) is 11.9. The van der Waals surface area contributed by atoms with E-state index in [-0.39, 0.29) is 5.82 Å². The number of ether oxygens (including phenoxy) is 3. The fourth-order valence-electron chi connectivity index (χ4n) is 2.17. The van der Waals surface area contributed by atoms with Gasteiger partial charge in [-0.1, -0.05) is 18.2 Å². The molecule has 3 nitrogen and oxygen atoms in total. The number of hydrogen-bond acceptors (Lipinski definition) is 3. The van der Waals surface area contributed by atoms with E-state index >= 15 is 0 Å². The Hall–Kier alpha value is -1.94. The second-order valence-corrected chi connectivity index (χ2v) is 4.74. The summed E-state index contributed by atoms with van der Waals surface area (Å²) in [6, 6.07) is 9.83. The topological polar surface area (TPSA) is 27.7 Å². The van der Waals surface area contributed by atoms with Crippen LogP contribution in [0.2, 0.25) is 0 Å². The van der Waals surface area contributed by atoms with Gasteiger partial charge in [-0.2, -0.15) is 0 Å². The Kier molecular flexibility index (Phi) is 4.91. The molecule has 0 radical (unpaired) electrons. The van der Waals surface area contributed by atoms with Crippen LogP contribution in [0.4, 0.5) is 4.39 Å². The minimum absolute atomic E-state index is 0.366. The predicted molar refractivity (Wildman–Crippen MR) is 80.2 cm³/mol. The smallest absolute Gasteiger partial charge is 0.203 e. The van der Waals surface area contributed by atoms with Gasteiger partial charge in [0.1, 0.15) is 5.82 Å². The fraction of sp³-hybridized carbons (Fsp3) is 0.250. The lowest BCUT2D eigenvalue weighted by Crippen LogP contribution is -2.03. The number of methoxy groups -OCH3 is 3. The summed E-state index contributed by atoms with van der Waals surface area (Å²) in [5, 5.41) is -0.694. The molecular weight excluding hydrogens is 295 g/mol. The lowest BCUT2D eigenvalue weighted by atomic mass is 10.0. The van der Waals surface area contributed by atoms with E-state index in [4.69, 9.17) is 25.8 Å². The van der Waals surface area contributed by atoms with Crippen molar-refractivity contribution in [1.29, 1.82) is 0 Å². The summed E-state index contributed by atoms with van der Waals surface area (Å²) in [6.07, 6.45) is 0. The van der Waals surface area contributed by atoms with Gasteiger partial charge in [0, 0.05) is 11.1 Å². The van der Waals surface area contributed by atoms with Gasteiger partial charge in [-0.3, -0.25) is 0 Å². The Morgan fingerprint density at radius 3 is 2.10 bits per heavy atom. The molecule has 1 unspecified atom stereocenters. The monoisotopic (exact) mass is 310 g/mol. The molecule has 0 aliphatic rings. The van der Waals surface area contributed by atoms with Crippen LogP contribution in [0.3, 0.4) is 0 Å². The number of benzene rings is 2. The largest absolute Gasteiger partial charge is 0.493 e. The molecule has 5 heteroatoms. The zero-order chi connectivity index (χ0) is 15.4. The molecular formula is C16H16ClFO3. The third kappa shape index (κ3) is 2.90. The molecule has 0 heterocycles. The second-order valence-electron chi connectivity index (χ2n) is 4.31. The van der Waals surface area contributed by atoms with Crippen LogP contribution in [0.15, 0.2) is 36.4 Å². The van der Waals surface area contributed by atoms with E-state index in [0.29, 0.717) is 28.4 Å². The standard InChI is InChI=1S/C16H16ClFO3/c1-19-13-9-8-11(15(20-2)16(13)21-3)14(17)10-6-4-5-7-12(10)18/h4-9,14H,1-3H3. The van der Waals surface area contributed by atoms with Crippen molar-refractivity contribution in [3.63, 3.8) is 0 Å². The van der Waals surface area contributed by atoms with E-state index in [1.165, 1.54) is 27.4 Å². The highest BCUT2D eigenvalue weighted by atomic mass is 35.5. The zero-order valence-electron chi connectivity index (χ0n) is 12.0. The summed E-state index contributed by atoms with van der Waals surface area (Å²) in [5.41, 5.74) is 0.992. The molecule has 0 spiro atoms. The zero-order valence-corrected chi connectivity index (χ0v) is 12.8. The number of halogens is 2. The van der Waals surface area contributed by atoms with E-state index in [2.05, 4.69) is 0 Å². The number of hydrogen-bond donors (Lipinski definition) is 0. The van der Waals surface area contributed by atoms with Gasteiger partial charge < -0.3 is 14.2 Å². The highest BCUT2D eigenvalue weighted by Gasteiger charge is 2.23. The Balaban J connectivity index is 2.56. The Morgan fingerprint density at radius 1 is 0.857 bits per heavy atom. The minimum Gasteiger partial charge on any atom is -0.493 e. The second kappa shape index (κ2) is 6.68. The maximum absolute atomic E-state index is 13.9. The van der Waals surface area contributed by atoms with Crippen molar-refractivity contribution in [1.82, 2.24) is 0 Å². The summed E-state index contributed by atoms with van der Waals surface area (Å²) in [5.74, 6) is 1.02. The molecule has 2 aromatic rings. The molecule has 1 atom stereocenters. The van der Waals surface area contributed by atoms with Crippen molar-refractivity contribution in [2.24, 2.45) is 0 Å². The molecule has 0 aliphatic carbocycles. The number of alkyl halides is 1. The Labute approximate surface area is 128 Å². The predicted octanol–water partition coefficient (Wildman–Crippen LogP) is 4.18. The Bertz CT molecular complexity index is 631. The van der Waals surface area contributed by atoms with Crippen LogP contribution < -0.4 is 14.2 Å². The maximum Gasteiger partial charge on any atom is 0.203 e.